The fraction of sp³-hybridized carbons (Fsp3) is 0.775. The van der Waals surface area contributed by atoms with E-state index in [0.29, 0.717) is 36.2 Å². The zero-order valence-corrected chi connectivity index (χ0v) is 28.4. The molecule has 43 heavy (non-hydrogen) atoms. The Kier molecular flexibility index (Phi) is 9.11. The lowest BCUT2D eigenvalue weighted by Gasteiger charge is -2.58. The van der Waals surface area contributed by atoms with E-state index in [1.165, 1.54) is 42.4 Å². The molecule has 4 fully saturated rings. The van der Waals surface area contributed by atoms with E-state index in [2.05, 4.69) is 59.9 Å². The van der Waals surface area contributed by atoms with E-state index in [1.54, 1.807) is 5.57 Å². The number of aliphatic hydroxyl groups excluding tert-OH is 1. The predicted octanol–water partition coefficient (Wildman–Crippen LogP) is 10.3. The molecule has 0 unspecified atom stereocenters. The number of hydrogen-bond acceptors (Lipinski definition) is 2. The van der Waals surface area contributed by atoms with Crippen LogP contribution in [0, 0.1) is 57.2 Å². The SMILES string of the molecule is C=C1CC[C@@H]2[C@@](C)(CO)CCC[C@@]2(C)[C@@H]1C/C=C(\C)[C@H]1CCC=C(C)[C@H]1C[C@H]1C(=C)CC[C@@H]2[C@]1(C)CCC[C@@]2(C)C(=O)O. The standard InChI is InChI=1S/C40H62O3/c1-26-12-9-13-30(27(2)14-17-32-28(3)15-18-34-37(5,25-41)20-10-21-38(32,34)6)31(26)24-33-29(4)16-19-35-39(33,7)22-11-23-40(35,8)36(42)43/h12,14,30-35,41H,3-4,9-11,13,15-25H2,1-2,5-8H3,(H,42,43)/b27-14+/t30-,31-,32-,33+,34-,35-,37-,38+,39-,40-/m1/s1. The van der Waals surface area contributed by atoms with Crippen molar-refractivity contribution in [3.05, 3.63) is 47.6 Å². The van der Waals surface area contributed by atoms with E-state index < -0.39 is 11.4 Å². The van der Waals surface area contributed by atoms with E-state index in [0.717, 1.165) is 64.2 Å². The van der Waals surface area contributed by atoms with Gasteiger partial charge in [0.25, 0.3) is 0 Å². The number of rotatable bonds is 7. The minimum atomic E-state index is -0.625. The maximum atomic E-state index is 12.6. The molecule has 2 N–H and O–H groups in total. The van der Waals surface area contributed by atoms with Crippen molar-refractivity contribution in [2.75, 3.05) is 6.61 Å². The van der Waals surface area contributed by atoms with Crippen LogP contribution in [-0.2, 0) is 4.79 Å². The van der Waals surface area contributed by atoms with E-state index in [-0.39, 0.29) is 22.2 Å². The zero-order chi connectivity index (χ0) is 31.4. The molecule has 0 aromatic carbocycles. The summed E-state index contributed by atoms with van der Waals surface area (Å²) in [7, 11) is 0. The molecule has 10 atom stereocenters. The van der Waals surface area contributed by atoms with Crippen LogP contribution in [0.4, 0.5) is 0 Å². The second-order valence-electron chi connectivity index (χ2n) is 17.0. The summed E-state index contributed by atoms with van der Waals surface area (Å²) in [6.45, 7) is 23.6. The van der Waals surface area contributed by atoms with Gasteiger partial charge in [0.2, 0.25) is 0 Å². The molecule has 3 heteroatoms. The van der Waals surface area contributed by atoms with E-state index in [1.807, 2.05) is 6.92 Å². The summed E-state index contributed by atoms with van der Waals surface area (Å²) in [6.07, 6.45) is 20.3. The Morgan fingerprint density at radius 3 is 2.19 bits per heavy atom. The smallest absolute Gasteiger partial charge is 0.309 e. The Bertz CT molecular complexity index is 1180. The van der Waals surface area contributed by atoms with Crippen LogP contribution in [-0.4, -0.2) is 22.8 Å². The molecule has 0 aromatic heterocycles. The highest BCUT2D eigenvalue weighted by Crippen LogP contribution is 2.64. The van der Waals surface area contributed by atoms with Gasteiger partial charge in [-0.15, -0.1) is 0 Å². The second-order valence-corrected chi connectivity index (χ2v) is 17.0. The molecule has 5 rings (SSSR count). The third-order valence-electron chi connectivity index (χ3n) is 14.8. The Labute approximate surface area is 263 Å². The summed E-state index contributed by atoms with van der Waals surface area (Å²) < 4.78 is 0. The Hall–Kier alpha value is -1.61. The zero-order valence-electron chi connectivity index (χ0n) is 28.4. The number of carboxylic acids is 1. The number of fused-ring (bicyclic) bond motifs is 2. The van der Waals surface area contributed by atoms with Crippen molar-refractivity contribution in [1.82, 2.24) is 0 Å². The highest BCUT2D eigenvalue weighted by atomic mass is 16.4. The van der Waals surface area contributed by atoms with Gasteiger partial charge >= 0.3 is 5.97 Å². The first-order valence-electron chi connectivity index (χ1n) is 17.7. The van der Waals surface area contributed by atoms with Crippen LogP contribution in [0.5, 0.6) is 0 Å². The minimum absolute atomic E-state index is 0.00437. The minimum Gasteiger partial charge on any atom is -0.481 e. The molecule has 0 spiro atoms. The largest absolute Gasteiger partial charge is 0.481 e. The highest BCUT2D eigenvalue weighted by molar-refractivity contribution is 5.75. The van der Waals surface area contributed by atoms with Gasteiger partial charge < -0.3 is 10.2 Å². The van der Waals surface area contributed by atoms with Crippen LogP contribution >= 0.6 is 0 Å². The van der Waals surface area contributed by atoms with Crippen molar-refractivity contribution >= 4 is 5.97 Å². The Balaban J connectivity index is 1.39. The maximum absolute atomic E-state index is 12.6. The average Bonchev–Trinajstić information content (AvgIpc) is 2.94. The first-order valence-corrected chi connectivity index (χ1v) is 17.7. The van der Waals surface area contributed by atoms with Gasteiger partial charge in [-0.05, 0) is 150 Å². The van der Waals surface area contributed by atoms with Gasteiger partial charge in [0.1, 0.15) is 0 Å². The lowest BCUT2D eigenvalue weighted by Crippen LogP contribution is -2.53. The Morgan fingerprint density at radius 1 is 0.930 bits per heavy atom. The van der Waals surface area contributed by atoms with Gasteiger partial charge in [0, 0.05) is 6.61 Å². The number of hydrogen-bond donors (Lipinski definition) is 2. The molecular weight excluding hydrogens is 528 g/mol. The third-order valence-corrected chi connectivity index (χ3v) is 14.8. The van der Waals surface area contributed by atoms with Crippen molar-refractivity contribution in [3.8, 4) is 0 Å². The third kappa shape index (κ3) is 5.46. The van der Waals surface area contributed by atoms with Gasteiger partial charge in [-0.3, -0.25) is 4.79 Å². The molecule has 5 aliphatic rings. The van der Waals surface area contributed by atoms with Crippen molar-refractivity contribution in [1.29, 1.82) is 0 Å². The van der Waals surface area contributed by atoms with Crippen LogP contribution in [0.2, 0.25) is 0 Å². The molecule has 0 amide bonds. The number of carboxylic acid groups (broad SMARTS) is 1. The molecule has 3 nitrogen and oxygen atoms in total. The van der Waals surface area contributed by atoms with E-state index >= 15 is 0 Å². The Morgan fingerprint density at radius 2 is 1.53 bits per heavy atom. The average molecular weight is 591 g/mol. The van der Waals surface area contributed by atoms with Crippen LogP contribution in [0.15, 0.2) is 47.6 Å². The monoisotopic (exact) mass is 590 g/mol. The number of carbonyl (C=O) groups is 1. The molecule has 240 valence electrons. The van der Waals surface area contributed by atoms with Crippen molar-refractivity contribution in [2.24, 2.45) is 57.2 Å². The molecule has 5 aliphatic carbocycles. The van der Waals surface area contributed by atoms with Crippen molar-refractivity contribution < 1.29 is 15.0 Å². The summed E-state index contributed by atoms with van der Waals surface area (Å²) in [4.78, 5) is 12.6. The van der Waals surface area contributed by atoms with Gasteiger partial charge in [0.15, 0.2) is 0 Å². The van der Waals surface area contributed by atoms with Crippen LogP contribution in [0.1, 0.15) is 131 Å². The molecule has 0 saturated heterocycles. The number of aliphatic carboxylic acids is 1. The molecule has 0 heterocycles. The molecule has 0 bridgehead atoms. The fourth-order valence-electron chi connectivity index (χ4n) is 12.1. The van der Waals surface area contributed by atoms with E-state index in [4.69, 9.17) is 0 Å². The second kappa shape index (κ2) is 12.0. The van der Waals surface area contributed by atoms with Gasteiger partial charge in [-0.25, -0.2) is 0 Å². The van der Waals surface area contributed by atoms with E-state index in [9.17, 15) is 15.0 Å². The summed E-state index contributed by atoms with van der Waals surface area (Å²) in [5.74, 6) is 2.07. The summed E-state index contributed by atoms with van der Waals surface area (Å²) in [6, 6.07) is 0. The lowest BCUT2D eigenvalue weighted by molar-refractivity contribution is -0.164. The molecule has 0 aliphatic heterocycles. The number of aliphatic hydroxyl groups is 1. The van der Waals surface area contributed by atoms with Gasteiger partial charge in [0.05, 0.1) is 5.41 Å². The predicted molar refractivity (Wildman–Crippen MR) is 179 cm³/mol. The summed E-state index contributed by atoms with van der Waals surface area (Å²) in [5, 5.41) is 20.8. The normalized spacial score (nSPS) is 45.7. The highest BCUT2D eigenvalue weighted by Gasteiger charge is 2.58. The molecule has 0 radical (unpaired) electrons. The topological polar surface area (TPSA) is 57.5 Å². The first kappa shape index (κ1) is 32.8. The van der Waals surface area contributed by atoms with Crippen LogP contribution in [0.25, 0.3) is 0 Å². The number of allylic oxidation sites excluding steroid dienone is 6. The lowest BCUT2D eigenvalue weighted by atomic mass is 9.46. The summed E-state index contributed by atoms with van der Waals surface area (Å²) >= 11 is 0. The van der Waals surface area contributed by atoms with Crippen molar-refractivity contribution in [2.45, 2.75) is 131 Å². The van der Waals surface area contributed by atoms with Gasteiger partial charge in [-0.1, -0.05) is 81.2 Å². The van der Waals surface area contributed by atoms with Crippen LogP contribution < -0.4 is 0 Å². The summed E-state index contributed by atoms with van der Waals surface area (Å²) in [5.41, 5.74) is 5.49. The maximum Gasteiger partial charge on any atom is 0.309 e. The first-order chi connectivity index (χ1) is 20.2. The molecule has 4 saturated carbocycles. The fourth-order valence-corrected chi connectivity index (χ4v) is 12.1. The molecular formula is C40H62O3. The molecule has 0 aromatic rings. The van der Waals surface area contributed by atoms with Crippen LogP contribution in [0.3, 0.4) is 0 Å². The van der Waals surface area contributed by atoms with Gasteiger partial charge in [-0.2, -0.15) is 0 Å². The quantitative estimate of drug-likeness (QED) is 0.290. The van der Waals surface area contributed by atoms with Crippen molar-refractivity contribution in [3.63, 3.8) is 0 Å².